The number of para-hydroxylation sites is 1. The molecule has 3 unspecified atom stereocenters. The highest BCUT2D eigenvalue weighted by Crippen LogP contribution is 2.28. The van der Waals surface area contributed by atoms with Crippen LogP contribution in [-0.4, -0.2) is 18.5 Å². The second-order valence-electron chi connectivity index (χ2n) is 5.91. The van der Waals surface area contributed by atoms with Gasteiger partial charge in [0.25, 0.3) is 0 Å². The largest absolute Gasteiger partial charge is 0.322 e. The van der Waals surface area contributed by atoms with Crippen LogP contribution in [0.2, 0.25) is 0 Å². The van der Waals surface area contributed by atoms with E-state index in [4.69, 9.17) is 0 Å². The minimum absolute atomic E-state index is 0.194. The number of amides is 1. The first-order valence-corrected chi connectivity index (χ1v) is 7.34. The van der Waals surface area contributed by atoms with Crippen molar-refractivity contribution in [2.24, 2.45) is 11.8 Å². The molecule has 0 saturated heterocycles. The molecule has 2 N–H and O–H groups in total. The number of halogens is 1. The first-order chi connectivity index (χ1) is 9.56. The summed E-state index contributed by atoms with van der Waals surface area (Å²) in [5, 5.41) is 5.89. The van der Waals surface area contributed by atoms with Gasteiger partial charge in [-0.15, -0.1) is 0 Å². The molecule has 1 aromatic carbocycles. The van der Waals surface area contributed by atoms with Gasteiger partial charge in [0.05, 0.1) is 12.2 Å². The van der Waals surface area contributed by atoms with Crippen LogP contribution in [0.15, 0.2) is 24.3 Å². The molecule has 0 heterocycles. The topological polar surface area (TPSA) is 41.1 Å². The van der Waals surface area contributed by atoms with E-state index in [1.165, 1.54) is 18.9 Å². The lowest BCUT2D eigenvalue weighted by molar-refractivity contribution is -0.115. The van der Waals surface area contributed by atoms with Gasteiger partial charge >= 0.3 is 0 Å². The van der Waals surface area contributed by atoms with Crippen molar-refractivity contribution in [3.8, 4) is 0 Å². The Bertz CT molecular complexity index is 464. The van der Waals surface area contributed by atoms with Crippen molar-refractivity contribution in [2.45, 2.75) is 39.2 Å². The molecule has 1 aliphatic carbocycles. The fraction of sp³-hybridized carbons (Fsp3) is 0.562. The standard InChI is InChI=1S/C16H23FN2O/c1-11-7-8-14(12(2)9-11)18-10-16(20)19-15-6-4-3-5-13(15)17/h3-6,11-12,14,18H,7-10H2,1-2H3,(H,19,20). The van der Waals surface area contributed by atoms with Crippen LogP contribution in [0.5, 0.6) is 0 Å². The highest BCUT2D eigenvalue weighted by atomic mass is 19.1. The number of hydrogen-bond acceptors (Lipinski definition) is 2. The van der Waals surface area contributed by atoms with Gasteiger partial charge in [-0.2, -0.15) is 0 Å². The van der Waals surface area contributed by atoms with E-state index in [1.54, 1.807) is 18.2 Å². The van der Waals surface area contributed by atoms with Crippen LogP contribution >= 0.6 is 0 Å². The van der Waals surface area contributed by atoms with Gasteiger partial charge in [-0.3, -0.25) is 4.79 Å². The summed E-state index contributed by atoms with van der Waals surface area (Å²) in [6.45, 7) is 4.73. The lowest BCUT2D eigenvalue weighted by Crippen LogP contribution is -2.42. The molecule has 1 amide bonds. The van der Waals surface area contributed by atoms with Crippen molar-refractivity contribution in [3.05, 3.63) is 30.1 Å². The molecule has 2 rings (SSSR count). The summed E-state index contributed by atoms with van der Waals surface area (Å²) >= 11 is 0. The molecule has 0 bridgehead atoms. The highest BCUT2D eigenvalue weighted by molar-refractivity contribution is 5.92. The molecule has 110 valence electrons. The Morgan fingerprint density at radius 2 is 2.05 bits per heavy atom. The zero-order valence-electron chi connectivity index (χ0n) is 12.2. The minimum Gasteiger partial charge on any atom is -0.322 e. The van der Waals surface area contributed by atoms with Gasteiger partial charge in [-0.05, 0) is 43.2 Å². The molecule has 4 heteroatoms. The smallest absolute Gasteiger partial charge is 0.238 e. The Labute approximate surface area is 120 Å². The Morgan fingerprint density at radius 1 is 1.30 bits per heavy atom. The van der Waals surface area contributed by atoms with Gasteiger partial charge in [0, 0.05) is 6.04 Å². The van der Waals surface area contributed by atoms with E-state index < -0.39 is 5.82 Å². The molecule has 1 saturated carbocycles. The van der Waals surface area contributed by atoms with Crippen LogP contribution in [0.3, 0.4) is 0 Å². The number of nitrogens with one attached hydrogen (secondary N) is 2. The van der Waals surface area contributed by atoms with Gasteiger partial charge in [-0.25, -0.2) is 4.39 Å². The highest BCUT2D eigenvalue weighted by Gasteiger charge is 2.25. The van der Waals surface area contributed by atoms with E-state index >= 15 is 0 Å². The van der Waals surface area contributed by atoms with Gasteiger partial charge in [0.2, 0.25) is 5.91 Å². The molecule has 1 aromatic rings. The summed E-state index contributed by atoms with van der Waals surface area (Å²) in [5.74, 6) is 0.761. The van der Waals surface area contributed by atoms with Crippen molar-refractivity contribution in [2.75, 3.05) is 11.9 Å². The third-order valence-electron chi connectivity index (χ3n) is 4.10. The maximum absolute atomic E-state index is 13.4. The first-order valence-electron chi connectivity index (χ1n) is 7.34. The van der Waals surface area contributed by atoms with E-state index in [2.05, 4.69) is 24.5 Å². The molecule has 0 aliphatic heterocycles. The minimum atomic E-state index is -0.402. The van der Waals surface area contributed by atoms with Gasteiger partial charge < -0.3 is 10.6 Å². The Morgan fingerprint density at radius 3 is 2.75 bits per heavy atom. The van der Waals surface area contributed by atoms with Gasteiger partial charge in [0.1, 0.15) is 5.82 Å². The second kappa shape index (κ2) is 6.84. The molecular formula is C16H23FN2O. The van der Waals surface area contributed by atoms with Crippen molar-refractivity contribution < 1.29 is 9.18 Å². The normalized spacial score (nSPS) is 26.2. The zero-order valence-corrected chi connectivity index (χ0v) is 12.2. The molecule has 3 nitrogen and oxygen atoms in total. The predicted molar refractivity (Wildman–Crippen MR) is 79.0 cm³/mol. The summed E-state index contributed by atoms with van der Waals surface area (Å²) in [4.78, 5) is 11.8. The molecule has 0 spiro atoms. The van der Waals surface area contributed by atoms with Crippen LogP contribution in [0.4, 0.5) is 10.1 Å². The number of anilines is 1. The van der Waals surface area contributed by atoms with Crippen LogP contribution in [-0.2, 0) is 4.79 Å². The summed E-state index contributed by atoms with van der Waals surface area (Å²) in [6.07, 6.45) is 3.51. The molecule has 0 radical (unpaired) electrons. The van der Waals surface area contributed by atoms with Crippen LogP contribution in [0.25, 0.3) is 0 Å². The Hall–Kier alpha value is -1.42. The molecule has 20 heavy (non-hydrogen) atoms. The van der Waals surface area contributed by atoms with Crippen molar-refractivity contribution in [1.82, 2.24) is 5.32 Å². The van der Waals surface area contributed by atoms with Crippen molar-refractivity contribution >= 4 is 11.6 Å². The van der Waals surface area contributed by atoms with Crippen LogP contribution in [0.1, 0.15) is 33.1 Å². The number of carbonyl (C=O) groups excluding carboxylic acids is 1. The molecule has 3 atom stereocenters. The summed E-state index contributed by atoms with van der Waals surface area (Å²) in [6, 6.07) is 6.61. The molecule has 1 aliphatic rings. The predicted octanol–water partition coefficient (Wildman–Crippen LogP) is 3.18. The Balaban J connectivity index is 1.79. The maximum atomic E-state index is 13.4. The monoisotopic (exact) mass is 278 g/mol. The second-order valence-corrected chi connectivity index (χ2v) is 5.91. The average Bonchev–Trinajstić information content (AvgIpc) is 2.40. The maximum Gasteiger partial charge on any atom is 0.238 e. The zero-order chi connectivity index (χ0) is 14.5. The quantitative estimate of drug-likeness (QED) is 0.888. The van der Waals surface area contributed by atoms with E-state index in [1.807, 2.05) is 0 Å². The van der Waals surface area contributed by atoms with E-state index in [0.717, 1.165) is 12.3 Å². The fourth-order valence-electron chi connectivity index (χ4n) is 2.95. The number of carbonyl (C=O) groups is 1. The van der Waals surface area contributed by atoms with E-state index in [9.17, 15) is 9.18 Å². The van der Waals surface area contributed by atoms with E-state index in [0.29, 0.717) is 12.0 Å². The van der Waals surface area contributed by atoms with Crippen LogP contribution in [0, 0.1) is 17.7 Å². The van der Waals surface area contributed by atoms with Crippen molar-refractivity contribution in [1.29, 1.82) is 0 Å². The molecule has 1 fully saturated rings. The third kappa shape index (κ3) is 4.04. The number of benzene rings is 1. The lowest BCUT2D eigenvalue weighted by atomic mass is 9.80. The first kappa shape index (κ1) is 15.0. The molecule has 0 aromatic heterocycles. The summed E-state index contributed by atoms with van der Waals surface area (Å²) in [7, 11) is 0. The number of hydrogen-bond donors (Lipinski definition) is 2. The SMILES string of the molecule is CC1CCC(NCC(=O)Nc2ccccc2F)C(C)C1. The number of rotatable bonds is 4. The van der Waals surface area contributed by atoms with E-state index in [-0.39, 0.29) is 18.1 Å². The Kier molecular flexibility index (Phi) is 5.12. The van der Waals surface area contributed by atoms with Gasteiger partial charge in [-0.1, -0.05) is 26.0 Å². The summed E-state index contributed by atoms with van der Waals surface area (Å²) < 4.78 is 13.4. The third-order valence-corrected chi connectivity index (χ3v) is 4.10. The molecular weight excluding hydrogens is 255 g/mol. The fourth-order valence-corrected chi connectivity index (χ4v) is 2.95. The van der Waals surface area contributed by atoms with Gasteiger partial charge in [0.15, 0.2) is 0 Å². The lowest BCUT2D eigenvalue weighted by Gasteiger charge is -2.33. The van der Waals surface area contributed by atoms with Crippen molar-refractivity contribution in [3.63, 3.8) is 0 Å². The summed E-state index contributed by atoms with van der Waals surface area (Å²) in [5.41, 5.74) is 0.240. The average molecular weight is 278 g/mol. The van der Waals surface area contributed by atoms with Crippen LogP contribution < -0.4 is 10.6 Å².